The molecule has 0 bridgehead atoms. The minimum atomic E-state index is -2.42. The Hall–Kier alpha value is -3.01. The molecule has 0 spiro atoms. The smallest absolute Gasteiger partial charge is 0.272 e. The molecule has 0 aromatic carbocycles. The van der Waals surface area contributed by atoms with Gasteiger partial charge in [0.25, 0.3) is 5.92 Å². The van der Waals surface area contributed by atoms with Crippen molar-refractivity contribution in [2.45, 2.75) is 550 Å². The molecule has 0 aliphatic carbocycles. The molecular formula is C124H254F2N18O3. The minimum absolute atomic E-state index is 0.0353. The molecule has 23 heteroatoms. The van der Waals surface area contributed by atoms with Crippen molar-refractivity contribution in [1.29, 1.82) is 0 Å². The number of nitrogens with zero attached hydrogens (tertiary/aromatic N) is 18. The molecule has 872 valence electrons. The van der Waals surface area contributed by atoms with E-state index in [2.05, 4.69) is 455 Å². The lowest BCUT2D eigenvalue weighted by Crippen LogP contribution is -2.69. The molecule has 3 unspecified atom stereocenters. The molecule has 0 radical (unpaired) electrons. The average Bonchev–Trinajstić information content (AvgIpc) is 1.14. The van der Waals surface area contributed by atoms with Crippen LogP contribution in [-0.2, 0) is 19.9 Å². The number of aromatic nitrogens is 1. The van der Waals surface area contributed by atoms with E-state index >= 15 is 0 Å². The molecule has 3 amide bonds. The fraction of sp³-hybridized carbons (Fsp3) is 0.944. The molecule has 14 rings (SSSR count). The minimum Gasteiger partial charge on any atom is -0.349 e. The average molecular weight is 2080 g/mol. The molecule has 14 heterocycles. The van der Waals surface area contributed by atoms with Crippen molar-refractivity contribution < 1.29 is 23.2 Å². The maximum atomic E-state index is 12.3. The van der Waals surface area contributed by atoms with E-state index in [4.69, 9.17) is 0 Å². The first-order chi connectivity index (χ1) is 65.7. The van der Waals surface area contributed by atoms with Crippen LogP contribution in [-0.4, -0.2) is 411 Å². The summed E-state index contributed by atoms with van der Waals surface area (Å²) in [6.45, 7) is 147. The van der Waals surface area contributed by atoms with Gasteiger partial charge >= 0.3 is 0 Å². The Morgan fingerprint density at radius 2 is 0.531 bits per heavy atom. The summed E-state index contributed by atoms with van der Waals surface area (Å²) in [6.07, 6.45) is 16.9. The van der Waals surface area contributed by atoms with Crippen molar-refractivity contribution in [2.24, 2.45) is 17.8 Å². The summed E-state index contributed by atoms with van der Waals surface area (Å²) >= 11 is 0. The quantitative estimate of drug-likeness (QED) is 0.181. The van der Waals surface area contributed by atoms with Gasteiger partial charge in [-0.3, -0.25) is 78.1 Å². The van der Waals surface area contributed by atoms with Gasteiger partial charge in [0, 0.05) is 262 Å². The number of amides is 3. The zero-order chi connectivity index (χ0) is 115. The van der Waals surface area contributed by atoms with Gasteiger partial charge in [-0.05, 0) is 482 Å². The zero-order valence-electron chi connectivity index (χ0n) is 109. The number of alkyl halides is 2. The van der Waals surface area contributed by atoms with Crippen molar-refractivity contribution in [2.75, 3.05) is 198 Å². The van der Waals surface area contributed by atoms with E-state index in [-0.39, 0.29) is 57.4 Å². The van der Waals surface area contributed by atoms with Crippen LogP contribution in [0.25, 0.3) is 0 Å². The number of hydrogen-bond acceptors (Lipinski definition) is 17. The van der Waals surface area contributed by atoms with Gasteiger partial charge in [0.15, 0.2) is 0 Å². The lowest BCUT2D eigenvalue weighted by molar-refractivity contribution is -0.160. The van der Waals surface area contributed by atoms with Crippen molar-refractivity contribution in [3.63, 3.8) is 0 Å². The molecular weight excluding hydrogens is 1830 g/mol. The summed E-state index contributed by atoms with van der Waals surface area (Å²) in [7, 11) is 8.90. The molecule has 0 N–H and O–H groups in total. The zero-order valence-corrected chi connectivity index (χ0v) is 109. The van der Waals surface area contributed by atoms with E-state index in [1.165, 1.54) is 163 Å². The Morgan fingerprint density at radius 3 is 0.748 bits per heavy atom. The Labute approximate surface area is 913 Å². The number of piperidine rings is 2. The van der Waals surface area contributed by atoms with Crippen LogP contribution in [0.2, 0.25) is 0 Å². The topological polar surface area (TPSA) is 111 Å². The Bertz CT molecular complexity index is 3650. The molecule has 13 aliphatic rings. The van der Waals surface area contributed by atoms with Crippen LogP contribution >= 0.6 is 0 Å². The Morgan fingerprint density at radius 1 is 0.252 bits per heavy atom. The molecule has 21 nitrogen and oxygen atoms in total. The number of carbonyl (C=O) groups excluding carboxylic acids is 3. The standard InChI is InChI=1S/C13H28N2.2C11H24N2.C10H21N.C9H20N2.2C9H19N.2C8H15NO.C8H17N.C8H13N.C7H13F2N.C7H13NO.C6H13N/c1-11(2,3)15-9-12(4,5)14(8)13(6,7)10-15;1-9-7-13(11(3,4)5)8-10(2)12(9)6;1-10(2,3)13-8-7-12(6)11(4,5)9-13;1-9-5-7-11(8-6-9)10(2,3)4;1-9(2,3)11-7-5-10(4)6-8-11;1-8-5-6-10(7-8)9(2,3)4;1-9(2,3)10-7-5-4-6-8-10;2*1-8(2,3)9-6-4-5-7(9)10;1-7-5-9(6-7)8(2,3)4;1-8(2,3)9-6-4-5-7-9;1-6(2,3)10-4-7(8,9)5-10;1-7(2,3)8-5-4-6(8)9;1-6(2,3)7-4-5-7/h9-10H2,1-8H3;9-10H,7-8H2,1-6H3;7-9H2,1-6H3;9H,5-8H2,1-4H3;5-8H2,1-4H3;8H,5-7H2,1-4H3;4-8H2,1-3H3;2*4-6H2,1-3H3;7H,5-6H2,1-4H3;4-7H,1-3H3;4-5H2,1-3H3;4-5H2,1-3H3;4-5H2,1-3H3. The summed E-state index contributed by atoms with van der Waals surface area (Å²) < 4.78 is 26.7. The maximum Gasteiger partial charge on any atom is 0.272 e. The molecule has 13 saturated heterocycles. The van der Waals surface area contributed by atoms with Gasteiger partial charge in [-0.15, -0.1) is 0 Å². The second-order valence-electron chi connectivity index (χ2n) is 62.1. The van der Waals surface area contributed by atoms with E-state index < -0.39 is 5.92 Å². The van der Waals surface area contributed by atoms with Gasteiger partial charge in [-0.25, -0.2) is 8.78 Å². The molecule has 147 heavy (non-hydrogen) atoms. The van der Waals surface area contributed by atoms with Gasteiger partial charge in [0.1, 0.15) is 0 Å². The van der Waals surface area contributed by atoms with Crippen molar-refractivity contribution in [3.8, 4) is 0 Å². The fourth-order valence-corrected chi connectivity index (χ4v) is 20.0. The van der Waals surface area contributed by atoms with E-state index in [0.717, 1.165) is 82.6 Å². The largest absolute Gasteiger partial charge is 0.349 e. The summed E-state index contributed by atoms with van der Waals surface area (Å²) in [5.41, 5.74) is 4.43. The summed E-state index contributed by atoms with van der Waals surface area (Å²) in [5, 5.41) is 0. The number of likely N-dealkylation sites (N-methyl/N-ethyl adjacent to an activating group) is 4. The third kappa shape index (κ3) is 54.2. The summed E-state index contributed by atoms with van der Waals surface area (Å²) in [4.78, 5) is 73.5. The molecule has 1 aromatic heterocycles. The van der Waals surface area contributed by atoms with Crippen molar-refractivity contribution in [3.05, 3.63) is 24.5 Å². The number of halogens is 2. The fourth-order valence-electron chi connectivity index (χ4n) is 20.0. The van der Waals surface area contributed by atoms with E-state index in [0.29, 0.717) is 79.7 Å². The predicted molar refractivity (Wildman–Crippen MR) is 637 cm³/mol. The Kier molecular flexibility index (Phi) is 55.5. The third-order valence-electron chi connectivity index (χ3n) is 32.4. The van der Waals surface area contributed by atoms with Crippen molar-refractivity contribution in [1.82, 2.24) is 87.9 Å². The number of carbonyl (C=O) groups is 3. The van der Waals surface area contributed by atoms with Crippen LogP contribution in [0.3, 0.4) is 0 Å². The highest BCUT2D eigenvalue weighted by Crippen LogP contribution is 2.37. The first-order valence-corrected chi connectivity index (χ1v) is 58.5. The highest BCUT2D eigenvalue weighted by atomic mass is 19.3. The molecule has 1 aromatic rings. The van der Waals surface area contributed by atoms with Gasteiger partial charge < -0.3 is 24.2 Å². The van der Waals surface area contributed by atoms with Crippen LogP contribution in [0.5, 0.6) is 0 Å². The second-order valence-corrected chi connectivity index (χ2v) is 62.1. The van der Waals surface area contributed by atoms with E-state index in [1.807, 2.05) is 47.6 Å². The number of piperazine rings is 4. The second kappa shape index (κ2) is 57.5. The maximum absolute atomic E-state index is 12.3. The van der Waals surface area contributed by atoms with Gasteiger partial charge in [0.2, 0.25) is 17.7 Å². The normalized spacial score (nSPS) is 24.4. The molecule has 13 aliphatic heterocycles. The number of hydrogen-bond donors (Lipinski definition) is 0. The number of β-lactam (4-membered cyclic amide) rings is 1. The van der Waals surface area contributed by atoms with Crippen molar-refractivity contribution >= 4 is 17.7 Å². The number of rotatable bonds is 0. The highest BCUT2D eigenvalue weighted by molar-refractivity contribution is 5.82. The van der Waals surface area contributed by atoms with Gasteiger partial charge in [0.05, 0.1) is 13.1 Å². The van der Waals surface area contributed by atoms with E-state index in [9.17, 15) is 23.2 Å². The molecule has 3 atom stereocenters. The van der Waals surface area contributed by atoms with Crippen LogP contribution in [0.4, 0.5) is 8.78 Å². The first kappa shape index (κ1) is 142. The van der Waals surface area contributed by atoms with Crippen LogP contribution in [0, 0.1) is 17.8 Å². The lowest BCUT2D eigenvalue weighted by atomic mass is 9.86. The molecule has 13 fully saturated rings. The van der Waals surface area contributed by atoms with Crippen LogP contribution in [0.1, 0.15) is 438 Å². The summed E-state index contributed by atoms with van der Waals surface area (Å²) in [5.74, 6) is 1.30. The predicted octanol–water partition coefficient (Wildman–Crippen LogP) is 24.8. The lowest BCUT2D eigenvalue weighted by Gasteiger charge is -2.58. The van der Waals surface area contributed by atoms with Crippen LogP contribution < -0.4 is 0 Å². The van der Waals surface area contributed by atoms with E-state index in [1.54, 1.807) is 4.90 Å². The first-order valence-electron chi connectivity index (χ1n) is 58.5. The summed E-state index contributed by atoms with van der Waals surface area (Å²) in [6, 6.07) is 5.46. The van der Waals surface area contributed by atoms with Crippen LogP contribution in [0.15, 0.2) is 24.5 Å². The number of likely N-dealkylation sites (tertiary alicyclic amines) is 8. The SMILES string of the molecule is CC(C)(C)N1CC(F)(F)C1.CC(C)(C)N1CC1.CC(C)(C)N1CCC1=O.CC(C)(C)N1CCCC1=O.CC(C)(C)N1CCCC1=O.CC(C)(C)N1CCCCC1.CC(C)(C)n1cccc1.CC1CCN(C(C)(C)C)C1.CC1CCN(C(C)(C)C)CC1.CC1CN(C(C)(C)C)C1.CC1CN(C(C)(C)C)CC(C)N1C.CN1C(C)(C)CN(C(C)(C)C)CC1(C)C.CN1CCN(C(C)(C)C)CC1.CN1CCN(C(C)(C)C)CC1(C)C. The molecule has 0 saturated carbocycles. The Balaban J connectivity index is 0.000000794. The monoisotopic (exact) mass is 2080 g/mol. The highest BCUT2D eigenvalue weighted by Gasteiger charge is 2.49. The van der Waals surface area contributed by atoms with Gasteiger partial charge in [-0.2, -0.15) is 0 Å². The third-order valence-corrected chi connectivity index (χ3v) is 32.4. The van der Waals surface area contributed by atoms with Gasteiger partial charge in [-0.1, -0.05) is 27.2 Å².